The third kappa shape index (κ3) is 1.97. The van der Waals surface area contributed by atoms with Gasteiger partial charge in [-0.2, -0.15) is 0 Å². The van der Waals surface area contributed by atoms with Crippen LogP contribution in [0.2, 0.25) is 0 Å². The van der Waals surface area contributed by atoms with Crippen LogP contribution in [-0.2, 0) is 4.79 Å². The van der Waals surface area contributed by atoms with Gasteiger partial charge in [0.05, 0.1) is 5.92 Å². The molecule has 0 aromatic rings. The lowest BCUT2D eigenvalue weighted by molar-refractivity contribution is -0.133. The monoisotopic (exact) mass is 330 g/mol. The molecule has 4 aliphatic rings. The van der Waals surface area contributed by atoms with E-state index in [9.17, 15) is 4.79 Å². The highest BCUT2D eigenvalue weighted by Gasteiger charge is 2.61. The van der Waals surface area contributed by atoms with Gasteiger partial charge in [0.2, 0.25) is 0 Å². The fourth-order valence-corrected chi connectivity index (χ4v) is 7.23. The maximum Gasteiger partial charge on any atom is 0.153 e. The molecule has 1 nitrogen and oxygen atoms in total. The summed E-state index contributed by atoms with van der Waals surface area (Å²) in [7, 11) is 0. The van der Waals surface area contributed by atoms with Gasteiger partial charge in [-0.05, 0) is 73.7 Å². The first-order chi connectivity index (χ1) is 10.9. The first kappa shape index (κ1) is 15.8. The van der Waals surface area contributed by atoms with Gasteiger partial charge >= 0.3 is 0 Å². The summed E-state index contributed by atoms with van der Waals surface area (Å²) >= 11 is 6.80. The zero-order chi connectivity index (χ0) is 16.4. The molecule has 4 rings (SSSR count). The molecular weight excluding hydrogens is 304 g/mol. The van der Waals surface area contributed by atoms with E-state index in [1.165, 1.54) is 32.1 Å². The molecule has 6 atom stereocenters. The molecular formula is C21H27ClO. The van der Waals surface area contributed by atoms with E-state index < -0.39 is 0 Å². The van der Waals surface area contributed by atoms with E-state index in [0.717, 1.165) is 24.3 Å². The third-order valence-electron chi connectivity index (χ3n) is 8.02. The van der Waals surface area contributed by atoms with Crippen LogP contribution in [0.1, 0.15) is 65.2 Å². The van der Waals surface area contributed by atoms with Crippen molar-refractivity contribution in [1.29, 1.82) is 0 Å². The number of ketones is 1. The van der Waals surface area contributed by atoms with E-state index in [1.807, 2.05) is 0 Å². The highest BCUT2D eigenvalue weighted by molar-refractivity contribution is 6.30. The number of hydrogen-bond acceptors (Lipinski definition) is 1. The Morgan fingerprint density at radius 1 is 1.17 bits per heavy atom. The molecule has 0 N–H and O–H groups in total. The fourth-order valence-electron chi connectivity index (χ4n) is 6.74. The van der Waals surface area contributed by atoms with Crippen LogP contribution in [0.5, 0.6) is 0 Å². The van der Waals surface area contributed by atoms with Crippen molar-refractivity contribution in [1.82, 2.24) is 0 Å². The standard InChI is InChI=1S/C21H27ClO/c1-4-13-11-17-14-12-18(22)16-7-5-6-9-20(16,2)15(14)8-10-21(17,3)19(13)23/h1,13-15,17H,5-12H2,2-3H3/t13?,14-,15-,17+,20-,21+/m1/s1. The maximum atomic E-state index is 12.8. The third-order valence-corrected chi connectivity index (χ3v) is 8.40. The molecule has 0 aromatic carbocycles. The van der Waals surface area contributed by atoms with Gasteiger partial charge in [-0.1, -0.05) is 37.8 Å². The quantitative estimate of drug-likeness (QED) is 0.548. The average molecular weight is 331 g/mol. The lowest BCUT2D eigenvalue weighted by atomic mass is 9.48. The van der Waals surface area contributed by atoms with Crippen molar-refractivity contribution in [3.63, 3.8) is 0 Å². The van der Waals surface area contributed by atoms with E-state index in [4.69, 9.17) is 18.0 Å². The molecule has 0 amide bonds. The second-order valence-electron chi connectivity index (χ2n) is 8.86. The number of rotatable bonds is 0. The summed E-state index contributed by atoms with van der Waals surface area (Å²) in [5, 5.41) is 1.12. The van der Waals surface area contributed by atoms with Crippen LogP contribution in [0.4, 0.5) is 0 Å². The molecule has 124 valence electrons. The summed E-state index contributed by atoms with van der Waals surface area (Å²) in [4.78, 5) is 12.8. The first-order valence-corrected chi connectivity index (χ1v) is 9.68. The van der Waals surface area contributed by atoms with Gasteiger partial charge in [0.25, 0.3) is 0 Å². The van der Waals surface area contributed by atoms with Gasteiger partial charge in [0, 0.05) is 10.4 Å². The number of halogens is 1. The van der Waals surface area contributed by atoms with Gasteiger partial charge in [0.15, 0.2) is 5.78 Å². The van der Waals surface area contributed by atoms with Crippen molar-refractivity contribution in [2.75, 3.05) is 0 Å². The number of Topliss-reactive ketones (excluding diaryl/α,β-unsaturated/α-hetero) is 1. The van der Waals surface area contributed by atoms with Crippen LogP contribution in [-0.4, -0.2) is 5.78 Å². The van der Waals surface area contributed by atoms with E-state index in [1.54, 1.807) is 5.57 Å². The Hall–Kier alpha value is -0.740. The molecule has 3 fully saturated rings. The van der Waals surface area contributed by atoms with Crippen LogP contribution in [0.15, 0.2) is 10.6 Å². The van der Waals surface area contributed by atoms with Crippen molar-refractivity contribution in [2.24, 2.45) is 34.5 Å². The van der Waals surface area contributed by atoms with Crippen molar-refractivity contribution < 1.29 is 4.79 Å². The second-order valence-corrected chi connectivity index (χ2v) is 9.32. The first-order valence-electron chi connectivity index (χ1n) is 9.30. The molecule has 0 spiro atoms. The van der Waals surface area contributed by atoms with Crippen molar-refractivity contribution >= 4 is 17.4 Å². The molecule has 0 heterocycles. The Morgan fingerprint density at radius 2 is 1.96 bits per heavy atom. The van der Waals surface area contributed by atoms with Crippen LogP contribution in [0.3, 0.4) is 0 Å². The van der Waals surface area contributed by atoms with Gasteiger partial charge in [0.1, 0.15) is 0 Å². The summed E-state index contributed by atoms with van der Waals surface area (Å²) in [6.07, 6.45) is 14.8. The lowest BCUT2D eigenvalue weighted by Crippen LogP contribution is -2.50. The van der Waals surface area contributed by atoms with Crippen LogP contribution >= 0.6 is 11.6 Å². The number of hydrogen-bond donors (Lipinski definition) is 0. The Kier molecular flexibility index (Phi) is 3.51. The predicted molar refractivity (Wildman–Crippen MR) is 93.8 cm³/mol. The minimum atomic E-state index is -0.197. The Labute approximate surface area is 145 Å². The topological polar surface area (TPSA) is 17.1 Å². The van der Waals surface area contributed by atoms with Gasteiger partial charge in [-0.25, -0.2) is 0 Å². The van der Waals surface area contributed by atoms with Crippen LogP contribution < -0.4 is 0 Å². The Morgan fingerprint density at radius 3 is 2.70 bits per heavy atom. The van der Waals surface area contributed by atoms with E-state index in [-0.39, 0.29) is 16.7 Å². The average Bonchev–Trinajstić information content (AvgIpc) is 2.79. The molecule has 0 aromatic heterocycles. The summed E-state index contributed by atoms with van der Waals surface area (Å²) in [5.74, 6) is 4.63. The molecule has 0 aliphatic heterocycles. The van der Waals surface area contributed by atoms with Crippen LogP contribution in [0.25, 0.3) is 0 Å². The smallest absolute Gasteiger partial charge is 0.153 e. The number of allylic oxidation sites excluding steroid dienone is 2. The van der Waals surface area contributed by atoms with E-state index in [2.05, 4.69) is 19.8 Å². The van der Waals surface area contributed by atoms with E-state index >= 15 is 0 Å². The Balaban J connectivity index is 1.75. The fraction of sp³-hybridized carbons (Fsp3) is 0.762. The lowest BCUT2D eigenvalue weighted by Gasteiger charge is -2.56. The molecule has 4 aliphatic carbocycles. The summed E-state index contributed by atoms with van der Waals surface area (Å²) in [5.41, 5.74) is 1.63. The SMILES string of the molecule is C#CC1C[C@H]2[C@@H]3CC(Cl)=C4CCCC[C@]4(C)[C@@H]3CC[C@]2(C)C1=O. The zero-order valence-corrected chi connectivity index (χ0v) is 15.1. The van der Waals surface area contributed by atoms with E-state index in [0.29, 0.717) is 23.5 Å². The minimum Gasteiger partial charge on any atom is -0.298 e. The molecule has 0 radical (unpaired) electrons. The number of carbonyl (C=O) groups is 1. The van der Waals surface area contributed by atoms with Crippen molar-refractivity contribution in [3.8, 4) is 12.3 Å². The summed E-state index contributed by atoms with van der Waals surface area (Å²) in [6.45, 7) is 4.64. The largest absolute Gasteiger partial charge is 0.298 e. The highest BCUT2D eigenvalue weighted by Crippen LogP contribution is 2.66. The number of carbonyl (C=O) groups excluding carboxylic acids is 1. The molecule has 23 heavy (non-hydrogen) atoms. The van der Waals surface area contributed by atoms with Gasteiger partial charge in [-0.3, -0.25) is 4.79 Å². The molecule has 0 bridgehead atoms. The molecule has 3 saturated carbocycles. The van der Waals surface area contributed by atoms with Gasteiger partial charge < -0.3 is 0 Å². The zero-order valence-electron chi connectivity index (χ0n) is 14.3. The molecule has 2 heteroatoms. The van der Waals surface area contributed by atoms with Crippen molar-refractivity contribution in [2.45, 2.75) is 65.2 Å². The van der Waals surface area contributed by atoms with Crippen molar-refractivity contribution in [3.05, 3.63) is 10.6 Å². The maximum absolute atomic E-state index is 12.8. The molecule has 1 unspecified atom stereocenters. The normalized spacial score (nSPS) is 49.2. The summed E-state index contributed by atoms with van der Waals surface area (Å²) in [6, 6.07) is 0. The second kappa shape index (κ2) is 5.13. The summed E-state index contributed by atoms with van der Waals surface area (Å²) < 4.78 is 0. The Bertz CT molecular complexity index is 626. The number of terminal acetylenes is 1. The minimum absolute atomic E-state index is 0.160. The molecule has 0 saturated heterocycles. The predicted octanol–water partition coefficient (Wildman–Crippen LogP) is 5.33. The van der Waals surface area contributed by atoms with Gasteiger partial charge in [-0.15, -0.1) is 6.42 Å². The van der Waals surface area contributed by atoms with Crippen LogP contribution in [0, 0.1) is 46.8 Å². The number of fused-ring (bicyclic) bond motifs is 5. The highest BCUT2D eigenvalue weighted by atomic mass is 35.5.